The summed E-state index contributed by atoms with van der Waals surface area (Å²) in [6.07, 6.45) is 7.67. The number of hydrogen-bond acceptors (Lipinski definition) is 4. The SMILES string of the molecule is Bc1ccc(-n2ccnc(NC3CCN(C/C(C)=C/c4ccccc4)CC3)c2=O)cc1. The molecule has 31 heavy (non-hydrogen) atoms. The molecule has 5 nitrogen and oxygen atoms in total. The van der Waals surface area contributed by atoms with Gasteiger partial charge in [-0.15, -0.1) is 0 Å². The van der Waals surface area contributed by atoms with E-state index in [9.17, 15) is 4.79 Å². The molecule has 4 rings (SSSR count). The second-order valence-corrected chi connectivity index (χ2v) is 8.38. The van der Waals surface area contributed by atoms with Crippen molar-refractivity contribution in [3.05, 3.63) is 88.5 Å². The monoisotopic (exact) mass is 412 g/mol. The van der Waals surface area contributed by atoms with E-state index in [-0.39, 0.29) is 11.6 Å². The van der Waals surface area contributed by atoms with Gasteiger partial charge in [0, 0.05) is 43.8 Å². The summed E-state index contributed by atoms with van der Waals surface area (Å²) < 4.78 is 1.65. The lowest BCUT2D eigenvalue weighted by Gasteiger charge is -2.32. The van der Waals surface area contributed by atoms with Gasteiger partial charge in [0.2, 0.25) is 0 Å². The lowest BCUT2D eigenvalue weighted by Crippen LogP contribution is -2.41. The average Bonchev–Trinajstić information content (AvgIpc) is 2.78. The highest BCUT2D eigenvalue weighted by Gasteiger charge is 2.20. The van der Waals surface area contributed by atoms with Crippen molar-refractivity contribution >= 4 is 25.2 Å². The third-order valence-electron chi connectivity index (χ3n) is 5.77. The highest BCUT2D eigenvalue weighted by molar-refractivity contribution is 6.32. The first-order valence-electron chi connectivity index (χ1n) is 10.9. The van der Waals surface area contributed by atoms with Crippen LogP contribution in [0.1, 0.15) is 25.3 Å². The second-order valence-electron chi connectivity index (χ2n) is 8.38. The Morgan fingerprint density at radius 3 is 2.55 bits per heavy atom. The van der Waals surface area contributed by atoms with Crippen LogP contribution in [0, 0.1) is 0 Å². The minimum absolute atomic E-state index is 0.101. The Morgan fingerprint density at radius 1 is 1.13 bits per heavy atom. The predicted octanol–water partition coefficient (Wildman–Crippen LogP) is 2.47. The topological polar surface area (TPSA) is 50.2 Å². The normalized spacial score (nSPS) is 15.7. The molecule has 2 heterocycles. The molecule has 6 heteroatoms. The molecule has 1 aromatic heterocycles. The van der Waals surface area contributed by atoms with Gasteiger partial charge in [-0.25, -0.2) is 4.98 Å². The lowest BCUT2D eigenvalue weighted by atomic mass is 9.96. The maximum atomic E-state index is 12.9. The summed E-state index contributed by atoms with van der Waals surface area (Å²) in [6, 6.07) is 18.7. The molecule has 1 fully saturated rings. The molecule has 0 aliphatic carbocycles. The van der Waals surface area contributed by atoms with Crippen molar-refractivity contribution in [2.75, 3.05) is 25.0 Å². The molecular formula is C25H29BN4O. The zero-order valence-corrected chi connectivity index (χ0v) is 18.3. The fraction of sp³-hybridized carbons (Fsp3) is 0.280. The summed E-state index contributed by atoms with van der Waals surface area (Å²) in [4.78, 5) is 19.7. The highest BCUT2D eigenvalue weighted by Crippen LogP contribution is 2.16. The van der Waals surface area contributed by atoms with Crippen LogP contribution in [0.4, 0.5) is 5.82 Å². The van der Waals surface area contributed by atoms with Crippen LogP contribution >= 0.6 is 0 Å². The Morgan fingerprint density at radius 2 is 1.84 bits per heavy atom. The van der Waals surface area contributed by atoms with E-state index in [4.69, 9.17) is 0 Å². The highest BCUT2D eigenvalue weighted by atomic mass is 16.1. The predicted molar refractivity (Wildman–Crippen MR) is 131 cm³/mol. The summed E-state index contributed by atoms with van der Waals surface area (Å²) in [6.45, 7) is 5.19. The Hall–Kier alpha value is -3.12. The molecule has 1 N–H and O–H groups in total. The minimum atomic E-state index is -0.101. The minimum Gasteiger partial charge on any atom is -0.363 e. The van der Waals surface area contributed by atoms with Gasteiger partial charge >= 0.3 is 0 Å². The van der Waals surface area contributed by atoms with Crippen LogP contribution in [0.25, 0.3) is 11.8 Å². The third kappa shape index (κ3) is 5.53. The van der Waals surface area contributed by atoms with Crippen molar-refractivity contribution in [1.82, 2.24) is 14.5 Å². The van der Waals surface area contributed by atoms with Gasteiger partial charge in [0.05, 0.1) is 0 Å². The number of benzene rings is 2. The molecule has 1 aliphatic rings. The van der Waals surface area contributed by atoms with E-state index < -0.39 is 0 Å². The molecule has 0 radical (unpaired) electrons. The van der Waals surface area contributed by atoms with Crippen molar-refractivity contribution < 1.29 is 0 Å². The Bertz CT molecular complexity index is 1080. The maximum absolute atomic E-state index is 12.9. The number of hydrogen-bond donors (Lipinski definition) is 1. The van der Waals surface area contributed by atoms with Gasteiger partial charge in [-0.3, -0.25) is 14.3 Å². The van der Waals surface area contributed by atoms with Gasteiger partial charge in [-0.1, -0.05) is 59.6 Å². The van der Waals surface area contributed by atoms with Crippen LogP contribution in [0.3, 0.4) is 0 Å². The molecule has 0 saturated carbocycles. The molecule has 1 saturated heterocycles. The van der Waals surface area contributed by atoms with E-state index >= 15 is 0 Å². The van der Waals surface area contributed by atoms with Gasteiger partial charge < -0.3 is 5.32 Å². The number of anilines is 1. The van der Waals surface area contributed by atoms with E-state index in [0.29, 0.717) is 5.82 Å². The van der Waals surface area contributed by atoms with Crippen LogP contribution in [0.5, 0.6) is 0 Å². The lowest BCUT2D eigenvalue weighted by molar-refractivity contribution is 0.236. The van der Waals surface area contributed by atoms with E-state index in [1.54, 1.807) is 17.0 Å². The van der Waals surface area contributed by atoms with Crippen LogP contribution in [0.15, 0.2) is 77.4 Å². The van der Waals surface area contributed by atoms with Crippen molar-refractivity contribution in [1.29, 1.82) is 0 Å². The Kier molecular flexibility index (Phi) is 6.68. The molecule has 1 aliphatic heterocycles. The molecule has 0 unspecified atom stereocenters. The Balaban J connectivity index is 1.35. The first-order chi connectivity index (χ1) is 15.1. The Labute approximate surface area is 184 Å². The van der Waals surface area contributed by atoms with Crippen LogP contribution < -0.4 is 16.3 Å². The molecule has 0 spiro atoms. The first kappa shape index (κ1) is 21.1. The van der Waals surface area contributed by atoms with E-state index in [1.807, 2.05) is 38.2 Å². The summed E-state index contributed by atoms with van der Waals surface area (Å²) in [7, 11) is 2.04. The zero-order valence-electron chi connectivity index (χ0n) is 18.3. The maximum Gasteiger partial charge on any atom is 0.297 e. The summed E-state index contributed by atoms with van der Waals surface area (Å²) >= 11 is 0. The summed E-state index contributed by atoms with van der Waals surface area (Å²) in [5.41, 5.74) is 4.54. The molecule has 0 atom stereocenters. The van der Waals surface area contributed by atoms with Crippen molar-refractivity contribution in [2.45, 2.75) is 25.8 Å². The summed E-state index contributed by atoms with van der Waals surface area (Å²) in [5.74, 6) is 0.432. The van der Waals surface area contributed by atoms with Gasteiger partial charge in [0.25, 0.3) is 5.56 Å². The average molecular weight is 412 g/mol. The van der Waals surface area contributed by atoms with Gasteiger partial charge in [-0.2, -0.15) is 0 Å². The smallest absolute Gasteiger partial charge is 0.297 e. The van der Waals surface area contributed by atoms with Crippen LogP contribution in [-0.4, -0.2) is 48.0 Å². The standard InChI is InChI=1S/C25H29BN4O/c1-19(17-20-5-3-2-4-6-20)18-29-14-11-22(12-15-29)28-24-25(31)30(16-13-27-24)23-9-7-21(26)8-10-23/h2-10,13,16-17,22H,11-12,14-15,18,26H2,1H3,(H,27,28)/b19-17+. The molecule has 2 aromatic carbocycles. The molecule has 3 aromatic rings. The van der Waals surface area contributed by atoms with Gasteiger partial charge in [0.15, 0.2) is 5.82 Å². The van der Waals surface area contributed by atoms with Crippen molar-refractivity contribution in [3.8, 4) is 5.69 Å². The first-order valence-corrected chi connectivity index (χ1v) is 10.9. The second kappa shape index (κ2) is 9.79. The number of nitrogens with zero attached hydrogens (tertiary/aromatic N) is 3. The van der Waals surface area contributed by atoms with Crippen LogP contribution in [0.2, 0.25) is 0 Å². The number of piperidine rings is 1. The van der Waals surface area contributed by atoms with Gasteiger partial charge in [-0.05, 0) is 37.5 Å². The van der Waals surface area contributed by atoms with Gasteiger partial charge in [0.1, 0.15) is 7.85 Å². The molecule has 0 amide bonds. The molecule has 0 bridgehead atoms. The number of nitrogens with one attached hydrogen (secondary N) is 1. The molecular weight excluding hydrogens is 383 g/mol. The van der Waals surface area contributed by atoms with Crippen molar-refractivity contribution in [2.24, 2.45) is 0 Å². The fourth-order valence-corrected chi connectivity index (χ4v) is 4.08. The number of aromatic nitrogens is 2. The summed E-state index contributed by atoms with van der Waals surface area (Å²) in [5, 5.41) is 3.40. The fourth-order valence-electron chi connectivity index (χ4n) is 4.08. The van der Waals surface area contributed by atoms with E-state index in [1.165, 1.54) is 16.6 Å². The third-order valence-corrected chi connectivity index (χ3v) is 5.77. The largest absolute Gasteiger partial charge is 0.363 e. The molecule has 158 valence electrons. The quantitative estimate of drug-likeness (QED) is 0.632. The number of likely N-dealkylation sites (tertiary alicyclic amines) is 1. The van der Waals surface area contributed by atoms with E-state index in [0.717, 1.165) is 38.2 Å². The van der Waals surface area contributed by atoms with E-state index in [2.05, 4.69) is 52.5 Å². The number of rotatable bonds is 6. The van der Waals surface area contributed by atoms with Crippen molar-refractivity contribution in [3.63, 3.8) is 0 Å². The zero-order chi connectivity index (χ0) is 21.6. The van der Waals surface area contributed by atoms with Crippen LogP contribution in [-0.2, 0) is 0 Å².